The molecule has 0 bridgehead atoms. The fourth-order valence-electron chi connectivity index (χ4n) is 4.16. The minimum atomic E-state index is -0.830. The van der Waals surface area contributed by atoms with Gasteiger partial charge in [0.25, 0.3) is 5.91 Å². The van der Waals surface area contributed by atoms with Gasteiger partial charge in [0.2, 0.25) is 0 Å². The highest BCUT2D eigenvalue weighted by Crippen LogP contribution is 2.28. The molecule has 2 aromatic rings. The van der Waals surface area contributed by atoms with Crippen molar-refractivity contribution < 1.29 is 13.9 Å². The van der Waals surface area contributed by atoms with E-state index in [4.69, 9.17) is 16.2 Å². The molecule has 10 nitrogen and oxygen atoms in total. The van der Waals surface area contributed by atoms with E-state index in [1.807, 2.05) is 4.90 Å². The molecule has 1 aliphatic heterocycles. The van der Waals surface area contributed by atoms with Gasteiger partial charge in [-0.25, -0.2) is 14.4 Å². The number of anilines is 4. The molecule has 33 heavy (non-hydrogen) atoms. The summed E-state index contributed by atoms with van der Waals surface area (Å²) in [6.45, 7) is 2.40. The van der Waals surface area contributed by atoms with Crippen molar-refractivity contribution in [1.29, 1.82) is 5.26 Å². The van der Waals surface area contributed by atoms with Crippen LogP contribution in [0.15, 0.2) is 18.3 Å². The molecule has 0 radical (unpaired) electrons. The largest absolute Gasteiger partial charge is 0.378 e. The summed E-state index contributed by atoms with van der Waals surface area (Å²) in [6, 6.07) is 4.59. The van der Waals surface area contributed by atoms with Crippen LogP contribution in [-0.2, 0) is 4.74 Å². The number of morpholine rings is 1. The summed E-state index contributed by atoms with van der Waals surface area (Å²) >= 11 is 0. The first-order valence-corrected chi connectivity index (χ1v) is 11.0. The van der Waals surface area contributed by atoms with E-state index in [0.29, 0.717) is 43.4 Å². The zero-order valence-corrected chi connectivity index (χ0v) is 18.2. The number of amides is 1. The van der Waals surface area contributed by atoms with Gasteiger partial charge in [0.05, 0.1) is 36.2 Å². The highest BCUT2D eigenvalue weighted by molar-refractivity contribution is 5.98. The Kier molecular flexibility index (Phi) is 6.86. The van der Waals surface area contributed by atoms with Crippen molar-refractivity contribution in [2.45, 2.75) is 37.8 Å². The van der Waals surface area contributed by atoms with Gasteiger partial charge in [0, 0.05) is 25.2 Å². The predicted molar refractivity (Wildman–Crippen MR) is 122 cm³/mol. The van der Waals surface area contributed by atoms with Gasteiger partial charge < -0.3 is 31.7 Å². The molecular formula is C22H27FN8O2. The van der Waals surface area contributed by atoms with Crippen LogP contribution in [0.5, 0.6) is 0 Å². The third kappa shape index (κ3) is 5.13. The first-order valence-electron chi connectivity index (χ1n) is 11.0. The Bertz CT molecular complexity index is 1070. The van der Waals surface area contributed by atoms with Crippen LogP contribution in [0.4, 0.5) is 27.5 Å². The number of halogens is 1. The molecule has 2 fully saturated rings. The molecular weight excluding hydrogens is 427 g/mol. The number of hydrogen-bond donors (Lipinski definition) is 4. The lowest BCUT2D eigenvalue weighted by atomic mass is 9.91. The average Bonchev–Trinajstić information content (AvgIpc) is 2.82. The Morgan fingerprint density at radius 1 is 1.24 bits per heavy atom. The Morgan fingerprint density at radius 3 is 2.70 bits per heavy atom. The average molecular weight is 455 g/mol. The van der Waals surface area contributed by atoms with Crippen molar-refractivity contribution in [2.24, 2.45) is 11.5 Å². The molecule has 2 aliphatic rings. The first kappa shape index (κ1) is 22.7. The van der Waals surface area contributed by atoms with Crippen molar-refractivity contribution in [3.63, 3.8) is 0 Å². The van der Waals surface area contributed by atoms with Gasteiger partial charge in [-0.05, 0) is 25.0 Å². The van der Waals surface area contributed by atoms with Crippen molar-refractivity contribution in [3.8, 4) is 6.07 Å². The van der Waals surface area contributed by atoms with Crippen LogP contribution in [0.3, 0.4) is 0 Å². The molecule has 174 valence electrons. The maximum absolute atomic E-state index is 14.7. The zero-order valence-electron chi connectivity index (χ0n) is 18.2. The number of carbonyl (C=O) groups excluding carboxylic acids is 1. The topological polar surface area (TPSA) is 155 Å². The minimum Gasteiger partial charge on any atom is -0.378 e. The molecule has 0 spiro atoms. The van der Waals surface area contributed by atoms with Gasteiger partial charge in [0.15, 0.2) is 11.6 Å². The second kappa shape index (κ2) is 9.97. The number of nitrogens with zero attached hydrogens (tertiary/aromatic N) is 4. The number of primary amides is 1. The maximum atomic E-state index is 14.7. The highest BCUT2D eigenvalue weighted by atomic mass is 19.1. The van der Waals surface area contributed by atoms with E-state index < -0.39 is 11.7 Å². The van der Waals surface area contributed by atoms with Crippen molar-refractivity contribution in [3.05, 3.63) is 35.3 Å². The molecule has 2 atom stereocenters. The highest BCUT2D eigenvalue weighted by Gasteiger charge is 2.25. The number of ether oxygens (including phenoxy) is 1. The molecule has 2 unspecified atom stereocenters. The molecule has 1 saturated heterocycles. The van der Waals surface area contributed by atoms with Crippen LogP contribution >= 0.6 is 0 Å². The first-order chi connectivity index (χ1) is 16.0. The molecule has 3 heterocycles. The van der Waals surface area contributed by atoms with Crippen molar-refractivity contribution in [1.82, 2.24) is 9.97 Å². The summed E-state index contributed by atoms with van der Waals surface area (Å²) in [5.41, 5.74) is 12.3. The third-order valence-electron chi connectivity index (χ3n) is 5.94. The molecule has 11 heteroatoms. The summed E-state index contributed by atoms with van der Waals surface area (Å²) in [6.07, 6.45) is 5.22. The van der Waals surface area contributed by atoms with E-state index in [2.05, 4.69) is 26.7 Å². The molecule has 1 saturated carbocycles. The summed E-state index contributed by atoms with van der Waals surface area (Å²) in [7, 11) is 0. The molecule has 1 aliphatic carbocycles. The summed E-state index contributed by atoms with van der Waals surface area (Å²) in [5, 5.41) is 15.7. The van der Waals surface area contributed by atoms with Gasteiger partial charge in [-0.2, -0.15) is 5.26 Å². The predicted octanol–water partition coefficient (Wildman–Crippen LogP) is 1.85. The van der Waals surface area contributed by atoms with Crippen LogP contribution in [0, 0.1) is 17.1 Å². The van der Waals surface area contributed by atoms with Crippen LogP contribution in [-0.4, -0.2) is 54.3 Å². The van der Waals surface area contributed by atoms with E-state index in [1.54, 1.807) is 6.07 Å². The lowest BCUT2D eigenvalue weighted by Crippen LogP contribution is -2.43. The van der Waals surface area contributed by atoms with Gasteiger partial charge in [0.1, 0.15) is 17.7 Å². The summed E-state index contributed by atoms with van der Waals surface area (Å²) < 4.78 is 20.1. The normalized spacial score (nSPS) is 20.7. The lowest BCUT2D eigenvalue weighted by Gasteiger charge is -2.30. The number of aromatic nitrogens is 2. The van der Waals surface area contributed by atoms with E-state index >= 15 is 0 Å². The standard InChI is InChI=1S/C22H27FN8O2/c23-16-10-15(19(26)32)20(30-21(16)29-18-4-2-1-3-17(18)25)28-14-9-13(11-24)22(27-12-14)31-5-7-33-8-6-31/h9-10,12,17-18H,1-8,25H2,(H2,26,32)(H2,28,29,30). The van der Waals surface area contributed by atoms with Crippen LogP contribution < -0.4 is 27.0 Å². The molecule has 0 aromatic carbocycles. The molecule has 1 amide bonds. The second-order valence-corrected chi connectivity index (χ2v) is 8.21. The number of nitriles is 1. The minimum absolute atomic E-state index is 0.0109. The van der Waals surface area contributed by atoms with E-state index in [0.717, 1.165) is 31.7 Å². The molecule has 6 N–H and O–H groups in total. The third-order valence-corrected chi connectivity index (χ3v) is 5.94. The summed E-state index contributed by atoms with van der Waals surface area (Å²) in [5.74, 6) is -0.903. The van der Waals surface area contributed by atoms with Gasteiger partial charge >= 0.3 is 0 Å². The van der Waals surface area contributed by atoms with Gasteiger partial charge in [-0.15, -0.1) is 0 Å². The Balaban J connectivity index is 1.62. The Morgan fingerprint density at radius 2 is 2.00 bits per heavy atom. The van der Waals surface area contributed by atoms with E-state index in [1.165, 1.54) is 6.20 Å². The quantitative estimate of drug-likeness (QED) is 0.511. The lowest BCUT2D eigenvalue weighted by molar-refractivity contribution is 0.100. The summed E-state index contributed by atoms with van der Waals surface area (Å²) in [4.78, 5) is 22.6. The van der Waals surface area contributed by atoms with Crippen molar-refractivity contribution >= 4 is 29.0 Å². The monoisotopic (exact) mass is 454 g/mol. The smallest absolute Gasteiger partial charge is 0.252 e. The molecule has 2 aromatic heterocycles. The maximum Gasteiger partial charge on any atom is 0.252 e. The fraction of sp³-hybridized carbons (Fsp3) is 0.455. The van der Waals surface area contributed by atoms with E-state index in [-0.39, 0.29) is 29.3 Å². The SMILES string of the molecule is N#Cc1cc(Nc2nc(NC3CCCCC3N)c(F)cc2C(N)=O)cnc1N1CCOCC1. The second-order valence-electron chi connectivity index (χ2n) is 8.21. The number of nitrogens with two attached hydrogens (primary N) is 2. The number of hydrogen-bond acceptors (Lipinski definition) is 9. The number of nitrogens with one attached hydrogen (secondary N) is 2. The van der Waals surface area contributed by atoms with Gasteiger partial charge in [-0.3, -0.25) is 4.79 Å². The fourth-order valence-corrected chi connectivity index (χ4v) is 4.16. The number of rotatable bonds is 6. The van der Waals surface area contributed by atoms with E-state index in [9.17, 15) is 14.4 Å². The molecule has 4 rings (SSSR count). The van der Waals surface area contributed by atoms with Crippen molar-refractivity contribution in [2.75, 3.05) is 41.8 Å². The van der Waals surface area contributed by atoms with Crippen LogP contribution in [0.25, 0.3) is 0 Å². The Hall–Kier alpha value is -3.49. The number of carbonyl (C=O) groups is 1. The van der Waals surface area contributed by atoms with Crippen LogP contribution in [0.2, 0.25) is 0 Å². The van der Waals surface area contributed by atoms with Crippen LogP contribution in [0.1, 0.15) is 41.6 Å². The zero-order chi connectivity index (χ0) is 23.4. The number of pyridine rings is 2. The van der Waals surface area contributed by atoms with Gasteiger partial charge in [-0.1, -0.05) is 12.8 Å². The Labute approximate surface area is 191 Å².